The van der Waals surface area contributed by atoms with Crippen LogP contribution in [0.5, 0.6) is 5.75 Å². The molecule has 37 heavy (non-hydrogen) atoms. The molecule has 1 N–H and O–H groups in total. The monoisotopic (exact) mass is 554 g/mol. The number of nitrogens with one attached hydrogen (secondary N) is 1. The number of sulfonamides is 2. The molecule has 1 unspecified atom stereocenters. The molecule has 12 nitrogen and oxygen atoms in total. The number of nitro benzene ring substituents is 1. The lowest BCUT2D eigenvalue weighted by Gasteiger charge is -2.30. The minimum Gasteiger partial charge on any atom is -0.492 e. The van der Waals surface area contributed by atoms with Crippen molar-refractivity contribution in [2.45, 2.75) is 37.1 Å². The van der Waals surface area contributed by atoms with E-state index < -0.39 is 36.9 Å². The highest BCUT2D eigenvalue weighted by atomic mass is 32.2. The van der Waals surface area contributed by atoms with Gasteiger partial charge < -0.3 is 10.1 Å². The van der Waals surface area contributed by atoms with E-state index in [0.29, 0.717) is 18.8 Å². The molecule has 1 heterocycles. The van der Waals surface area contributed by atoms with Crippen molar-refractivity contribution in [3.8, 4) is 5.75 Å². The lowest BCUT2D eigenvalue weighted by molar-refractivity contribution is -0.384. The van der Waals surface area contributed by atoms with Crippen molar-refractivity contribution in [1.82, 2.24) is 9.62 Å². The summed E-state index contributed by atoms with van der Waals surface area (Å²) in [5, 5.41) is 13.8. The Hall–Kier alpha value is -3.23. The SMILES string of the molecule is CCC(C(=O)NCCOc1ccc(S(=O)(=O)N2CCCC2)cc1)N(c1cccc([N+](=O)[O-])c1)S(C)(=O)=O. The van der Waals surface area contributed by atoms with Gasteiger partial charge in [-0.2, -0.15) is 4.31 Å². The number of rotatable bonds is 12. The number of nitrogens with zero attached hydrogens (tertiary/aromatic N) is 3. The van der Waals surface area contributed by atoms with Crippen LogP contribution in [0.25, 0.3) is 0 Å². The molecule has 0 aliphatic carbocycles. The number of amides is 1. The number of benzene rings is 2. The first-order valence-corrected chi connectivity index (χ1v) is 15.0. The van der Waals surface area contributed by atoms with Crippen LogP contribution in [0.2, 0.25) is 0 Å². The Morgan fingerprint density at radius 3 is 2.35 bits per heavy atom. The van der Waals surface area contributed by atoms with E-state index in [1.807, 2.05) is 0 Å². The van der Waals surface area contributed by atoms with Gasteiger partial charge in [-0.1, -0.05) is 13.0 Å². The first kappa shape index (κ1) is 28.3. The van der Waals surface area contributed by atoms with Gasteiger partial charge in [-0.25, -0.2) is 16.8 Å². The summed E-state index contributed by atoms with van der Waals surface area (Å²) >= 11 is 0. The summed E-state index contributed by atoms with van der Waals surface area (Å²) in [5.74, 6) is -0.175. The van der Waals surface area contributed by atoms with Gasteiger partial charge >= 0.3 is 0 Å². The third-order valence-electron chi connectivity index (χ3n) is 5.82. The van der Waals surface area contributed by atoms with Crippen LogP contribution < -0.4 is 14.4 Å². The second-order valence-corrected chi connectivity index (χ2v) is 12.3. The lowest BCUT2D eigenvalue weighted by atomic mass is 10.2. The quantitative estimate of drug-likeness (QED) is 0.238. The van der Waals surface area contributed by atoms with E-state index in [1.165, 1.54) is 46.8 Å². The van der Waals surface area contributed by atoms with Crippen LogP contribution in [-0.2, 0) is 24.8 Å². The van der Waals surface area contributed by atoms with Crippen LogP contribution in [0.4, 0.5) is 11.4 Å². The number of non-ortho nitro benzene ring substituents is 1. The van der Waals surface area contributed by atoms with E-state index in [4.69, 9.17) is 4.74 Å². The maximum absolute atomic E-state index is 12.9. The smallest absolute Gasteiger partial charge is 0.271 e. The molecular weight excluding hydrogens is 524 g/mol. The van der Waals surface area contributed by atoms with Crippen molar-refractivity contribution in [2.75, 3.05) is 36.8 Å². The largest absolute Gasteiger partial charge is 0.492 e. The van der Waals surface area contributed by atoms with Crippen LogP contribution in [-0.4, -0.2) is 70.5 Å². The summed E-state index contributed by atoms with van der Waals surface area (Å²) in [6.45, 7) is 2.76. The highest BCUT2D eigenvalue weighted by Gasteiger charge is 2.32. The van der Waals surface area contributed by atoms with E-state index in [1.54, 1.807) is 6.92 Å². The molecule has 0 spiro atoms. The fraction of sp³-hybridized carbons (Fsp3) is 0.435. The highest BCUT2D eigenvalue weighted by Crippen LogP contribution is 2.26. The van der Waals surface area contributed by atoms with Crippen LogP contribution in [0.3, 0.4) is 0 Å². The van der Waals surface area contributed by atoms with Gasteiger partial charge in [-0.3, -0.25) is 19.2 Å². The minimum atomic E-state index is -3.95. The zero-order valence-electron chi connectivity index (χ0n) is 20.6. The molecule has 1 amide bonds. The molecule has 14 heteroatoms. The van der Waals surface area contributed by atoms with Gasteiger partial charge in [0, 0.05) is 25.2 Å². The second-order valence-electron chi connectivity index (χ2n) is 8.48. The Morgan fingerprint density at radius 1 is 1.14 bits per heavy atom. The van der Waals surface area contributed by atoms with E-state index in [0.717, 1.165) is 29.5 Å². The van der Waals surface area contributed by atoms with Gasteiger partial charge in [0.2, 0.25) is 26.0 Å². The Bertz CT molecular complexity index is 1320. The van der Waals surface area contributed by atoms with E-state index in [-0.39, 0.29) is 35.8 Å². The Balaban J connectivity index is 1.61. The van der Waals surface area contributed by atoms with Gasteiger partial charge in [0.1, 0.15) is 18.4 Å². The third kappa shape index (κ3) is 6.96. The molecule has 1 atom stereocenters. The van der Waals surface area contributed by atoms with E-state index in [9.17, 15) is 31.7 Å². The van der Waals surface area contributed by atoms with Crippen LogP contribution in [0.1, 0.15) is 26.2 Å². The van der Waals surface area contributed by atoms with E-state index in [2.05, 4.69) is 5.32 Å². The van der Waals surface area contributed by atoms with Crippen LogP contribution in [0, 0.1) is 10.1 Å². The standard InChI is InChI=1S/C23H30N4O8S2/c1-3-22(26(36(2,31)32)18-7-6-8-19(17-18)27(29)30)23(28)24-13-16-35-20-9-11-21(12-10-20)37(33,34)25-14-4-5-15-25/h6-12,17,22H,3-5,13-16H2,1-2H3,(H,24,28). The Labute approximate surface area is 216 Å². The molecule has 1 aliphatic heterocycles. The maximum atomic E-state index is 12.9. The average molecular weight is 555 g/mol. The van der Waals surface area contributed by atoms with Gasteiger partial charge in [-0.15, -0.1) is 0 Å². The molecule has 1 aliphatic rings. The molecule has 1 fully saturated rings. The molecule has 3 rings (SSSR count). The van der Waals surface area contributed by atoms with Gasteiger partial charge in [0.15, 0.2) is 0 Å². The Kier molecular flexibility index (Phi) is 9.10. The summed E-state index contributed by atoms with van der Waals surface area (Å²) < 4.78 is 58.2. The lowest BCUT2D eigenvalue weighted by Crippen LogP contribution is -2.50. The summed E-state index contributed by atoms with van der Waals surface area (Å²) in [7, 11) is -7.47. The molecule has 2 aromatic carbocycles. The molecule has 1 saturated heterocycles. The minimum absolute atomic E-state index is 0.0129. The topological polar surface area (TPSA) is 156 Å². The number of carbonyl (C=O) groups excluding carboxylic acids is 1. The molecule has 0 saturated carbocycles. The zero-order chi connectivity index (χ0) is 27.2. The van der Waals surface area contributed by atoms with Crippen molar-refractivity contribution < 1.29 is 31.3 Å². The van der Waals surface area contributed by atoms with Crippen molar-refractivity contribution in [2.24, 2.45) is 0 Å². The fourth-order valence-corrected chi connectivity index (χ4v) is 6.77. The molecule has 0 aromatic heterocycles. The first-order chi connectivity index (χ1) is 17.4. The first-order valence-electron chi connectivity index (χ1n) is 11.7. The normalized spacial score (nSPS) is 15.2. The van der Waals surface area contributed by atoms with E-state index >= 15 is 0 Å². The number of hydrogen-bond acceptors (Lipinski definition) is 8. The van der Waals surface area contributed by atoms with Gasteiger partial charge in [0.05, 0.1) is 28.3 Å². The zero-order valence-corrected chi connectivity index (χ0v) is 22.2. The summed E-state index contributed by atoms with van der Waals surface area (Å²) in [6, 6.07) is 9.96. The summed E-state index contributed by atoms with van der Waals surface area (Å²) in [6.07, 6.45) is 2.74. The fourth-order valence-electron chi connectivity index (χ4n) is 4.05. The Morgan fingerprint density at radius 2 is 1.78 bits per heavy atom. The second kappa shape index (κ2) is 11.9. The van der Waals surface area contributed by atoms with Crippen molar-refractivity contribution in [1.29, 1.82) is 0 Å². The average Bonchev–Trinajstić information content (AvgIpc) is 3.40. The number of hydrogen-bond donors (Lipinski definition) is 1. The summed E-state index contributed by atoms with van der Waals surface area (Å²) in [4.78, 5) is 23.5. The van der Waals surface area contributed by atoms with Crippen LogP contribution in [0.15, 0.2) is 53.4 Å². The number of carbonyl (C=O) groups is 1. The van der Waals surface area contributed by atoms with Gasteiger partial charge in [0.25, 0.3) is 5.69 Å². The molecule has 0 bridgehead atoms. The van der Waals surface area contributed by atoms with Gasteiger partial charge in [-0.05, 0) is 49.6 Å². The third-order valence-corrected chi connectivity index (χ3v) is 8.91. The molecule has 2 aromatic rings. The maximum Gasteiger partial charge on any atom is 0.271 e. The number of nitro groups is 1. The van der Waals surface area contributed by atoms with Crippen molar-refractivity contribution in [3.05, 3.63) is 58.6 Å². The van der Waals surface area contributed by atoms with Crippen molar-refractivity contribution >= 4 is 37.3 Å². The number of anilines is 1. The molecular formula is C23H30N4O8S2. The molecule has 0 radical (unpaired) electrons. The van der Waals surface area contributed by atoms with Crippen LogP contribution >= 0.6 is 0 Å². The van der Waals surface area contributed by atoms with Crippen molar-refractivity contribution in [3.63, 3.8) is 0 Å². The summed E-state index contributed by atoms with van der Waals surface area (Å²) in [5.41, 5.74) is -0.284. The molecule has 202 valence electrons. The number of ether oxygens (including phenoxy) is 1. The predicted molar refractivity (Wildman–Crippen MR) is 137 cm³/mol. The predicted octanol–water partition coefficient (Wildman–Crippen LogP) is 2.12. The highest BCUT2D eigenvalue weighted by molar-refractivity contribution is 7.92.